The van der Waals surface area contributed by atoms with Crippen LogP contribution in [-0.2, 0) is 4.74 Å². The summed E-state index contributed by atoms with van der Waals surface area (Å²) in [5.41, 5.74) is 0.508. The number of aromatic nitrogens is 1. The summed E-state index contributed by atoms with van der Waals surface area (Å²) >= 11 is 1.45. The second-order valence-electron chi connectivity index (χ2n) is 5.17. The van der Waals surface area contributed by atoms with Gasteiger partial charge in [-0.1, -0.05) is 12.1 Å². The Hall–Kier alpha value is -1.92. The van der Waals surface area contributed by atoms with Crippen LogP contribution >= 0.6 is 11.3 Å². The molecule has 1 aromatic heterocycles. The van der Waals surface area contributed by atoms with Crippen molar-refractivity contribution in [1.82, 2.24) is 4.98 Å². The van der Waals surface area contributed by atoms with E-state index in [0.717, 1.165) is 24.3 Å². The molecule has 1 aliphatic heterocycles. The van der Waals surface area contributed by atoms with Crippen LogP contribution in [-0.4, -0.2) is 30.2 Å². The molecule has 3 rings (SSSR count). The van der Waals surface area contributed by atoms with E-state index in [0.29, 0.717) is 23.1 Å². The summed E-state index contributed by atoms with van der Waals surface area (Å²) < 4.78 is 11.3. The van der Waals surface area contributed by atoms with Gasteiger partial charge >= 0.3 is 0 Å². The number of thiazole rings is 1. The van der Waals surface area contributed by atoms with Crippen molar-refractivity contribution in [3.8, 4) is 5.75 Å². The van der Waals surface area contributed by atoms with Gasteiger partial charge in [0.1, 0.15) is 12.4 Å². The number of amides is 1. The molecule has 5 nitrogen and oxygen atoms in total. The molecule has 0 aliphatic carbocycles. The smallest absolute Gasteiger partial charge is 0.261 e. The standard InChI is InChI=1S/C16H18N2O3S/c1-11-9-17-16(22-11)18-15(19)13-6-2-3-7-14(13)21-10-12-5-4-8-20-12/h2-3,6-7,9,12H,4-5,8,10H2,1H3,(H,17,18,19)/t12-/m1/s1. The van der Waals surface area contributed by atoms with Crippen molar-refractivity contribution in [1.29, 1.82) is 0 Å². The monoisotopic (exact) mass is 318 g/mol. The number of benzene rings is 1. The molecule has 1 atom stereocenters. The maximum atomic E-state index is 12.4. The first-order valence-corrected chi connectivity index (χ1v) is 8.11. The molecule has 2 aromatic rings. The molecule has 1 aliphatic rings. The number of carbonyl (C=O) groups is 1. The van der Waals surface area contributed by atoms with Gasteiger partial charge in [-0.3, -0.25) is 10.1 Å². The van der Waals surface area contributed by atoms with E-state index in [4.69, 9.17) is 9.47 Å². The van der Waals surface area contributed by atoms with Crippen molar-refractivity contribution in [2.45, 2.75) is 25.9 Å². The third-order valence-corrected chi connectivity index (χ3v) is 4.25. The highest BCUT2D eigenvalue weighted by molar-refractivity contribution is 7.15. The largest absolute Gasteiger partial charge is 0.490 e. The third-order valence-electron chi connectivity index (χ3n) is 3.42. The zero-order chi connectivity index (χ0) is 15.4. The van der Waals surface area contributed by atoms with Gasteiger partial charge < -0.3 is 9.47 Å². The number of hydrogen-bond acceptors (Lipinski definition) is 5. The number of nitrogens with zero attached hydrogens (tertiary/aromatic N) is 1. The first-order valence-electron chi connectivity index (χ1n) is 7.29. The van der Waals surface area contributed by atoms with E-state index < -0.39 is 0 Å². The lowest BCUT2D eigenvalue weighted by molar-refractivity contribution is 0.0673. The van der Waals surface area contributed by atoms with E-state index in [9.17, 15) is 4.79 Å². The van der Waals surface area contributed by atoms with Crippen molar-refractivity contribution in [3.63, 3.8) is 0 Å². The van der Waals surface area contributed by atoms with Gasteiger partial charge in [-0.05, 0) is 31.9 Å². The van der Waals surface area contributed by atoms with E-state index in [1.165, 1.54) is 11.3 Å². The molecule has 0 bridgehead atoms. The molecule has 0 saturated carbocycles. The lowest BCUT2D eigenvalue weighted by Gasteiger charge is -2.14. The summed E-state index contributed by atoms with van der Waals surface area (Å²) in [6, 6.07) is 7.23. The average molecular weight is 318 g/mol. The van der Waals surface area contributed by atoms with Crippen LogP contribution in [0, 0.1) is 6.92 Å². The Morgan fingerprint density at radius 1 is 1.50 bits per heavy atom. The number of ether oxygens (including phenoxy) is 2. The third kappa shape index (κ3) is 3.64. The number of carbonyl (C=O) groups excluding carboxylic acids is 1. The van der Waals surface area contributed by atoms with Gasteiger partial charge in [-0.25, -0.2) is 4.98 Å². The maximum absolute atomic E-state index is 12.4. The summed E-state index contributed by atoms with van der Waals surface area (Å²) in [7, 11) is 0. The van der Waals surface area contributed by atoms with Gasteiger partial charge in [0, 0.05) is 17.7 Å². The number of rotatable bonds is 5. The predicted molar refractivity (Wildman–Crippen MR) is 85.7 cm³/mol. The first-order chi connectivity index (χ1) is 10.7. The van der Waals surface area contributed by atoms with Gasteiger partial charge in [-0.15, -0.1) is 11.3 Å². The molecule has 6 heteroatoms. The summed E-state index contributed by atoms with van der Waals surface area (Å²) in [5.74, 6) is 0.362. The summed E-state index contributed by atoms with van der Waals surface area (Å²) in [4.78, 5) is 17.6. The molecule has 1 saturated heterocycles. The number of anilines is 1. The second kappa shape index (κ2) is 6.89. The zero-order valence-electron chi connectivity index (χ0n) is 12.4. The Labute approximate surface area is 133 Å². The van der Waals surface area contributed by atoms with Crippen LogP contribution in [0.5, 0.6) is 5.75 Å². The molecule has 116 valence electrons. The molecular weight excluding hydrogens is 300 g/mol. The molecule has 22 heavy (non-hydrogen) atoms. The highest BCUT2D eigenvalue weighted by Gasteiger charge is 2.18. The molecule has 1 aromatic carbocycles. The fourth-order valence-electron chi connectivity index (χ4n) is 2.32. The van der Waals surface area contributed by atoms with Gasteiger partial charge in [0.05, 0.1) is 11.7 Å². The van der Waals surface area contributed by atoms with Gasteiger partial charge in [0.2, 0.25) is 0 Å². The molecule has 0 spiro atoms. The molecule has 1 N–H and O–H groups in total. The Bertz CT molecular complexity index is 650. The van der Waals surface area contributed by atoms with Crippen molar-refractivity contribution >= 4 is 22.4 Å². The van der Waals surface area contributed by atoms with Gasteiger partial charge in [0.25, 0.3) is 5.91 Å². The minimum Gasteiger partial charge on any atom is -0.490 e. The van der Waals surface area contributed by atoms with Crippen molar-refractivity contribution in [2.75, 3.05) is 18.5 Å². The first kappa shape index (κ1) is 15.0. The number of para-hydroxylation sites is 1. The van der Waals surface area contributed by atoms with E-state index in [1.54, 1.807) is 18.3 Å². The Balaban J connectivity index is 1.68. The molecule has 0 unspecified atom stereocenters. The highest BCUT2D eigenvalue weighted by Crippen LogP contribution is 2.23. The van der Waals surface area contributed by atoms with Crippen LogP contribution in [0.1, 0.15) is 28.1 Å². The average Bonchev–Trinajstić information content (AvgIpc) is 3.17. The highest BCUT2D eigenvalue weighted by atomic mass is 32.1. The van der Waals surface area contributed by atoms with E-state index >= 15 is 0 Å². The minimum atomic E-state index is -0.211. The quantitative estimate of drug-likeness (QED) is 0.919. The topological polar surface area (TPSA) is 60.5 Å². The molecular formula is C16H18N2O3S. The van der Waals surface area contributed by atoms with Gasteiger partial charge in [-0.2, -0.15) is 0 Å². The van der Waals surface area contributed by atoms with Crippen LogP contribution in [0.2, 0.25) is 0 Å². The number of hydrogen-bond donors (Lipinski definition) is 1. The SMILES string of the molecule is Cc1cnc(NC(=O)c2ccccc2OC[C@H]2CCCO2)s1. The fourth-order valence-corrected chi connectivity index (χ4v) is 2.98. The van der Waals surface area contributed by atoms with E-state index in [1.807, 2.05) is 19.1 Å². The lowest BCUT2D eigenvalue weighted by atomic mass is 10.2. The van der Waals surface area contributed by atoms with E-state index in [2.05, 4.69) is 10.3 Å². The van der Waals surface area contributed by atoms with Crippen LogP contribution in [0.3, 0.4) is 0 Å². The Kier molecular flexibility index (Phi) is 4.70. The molecule has 2 heterocycles. The fraction of sp³-hybridized carbons (Fsp3) is 0.375. The van der Waals surface area contributed by atoms with Crippen LogP contribution < -0.4 is 10.1 Å². The summed E-state index contributed by atoms with van der Waals surface area (Å²) in [5, 5.41) is 3.40. The summed E-state index contributed by atoms with van der Waals surface area (Å²) in [6.07, 6.45) is 3.93. The Morgan fingerprint density at radius 2 is 2.36 bits per heavy atom. The lowest BCUT2D eigenvalue weighted by Crippen LogP contribution is -2.19. The zero-order valence-corrected chi connectivity index (χ0v) is 13.2. The van der Waals surface area contributed by atoms with Crippen molar-refractivity contribution < 1.29 is 14.3 Å². The number of aryl methyl sites for hydroxylation is 1. The predicted octanol–water partition coefficient (Wildman–Crippen LogP) is 3.26. The minimum absolute atomic E-state index is 0.123. The number of nitrogens with one attached hydrogen (secondary N) is 1. The second-order valence-corrected chi connectivity index (χ2v) is 6.41. The van der Waals surface area contributed by atoms with E-state index in [-0.39, 0.29) is 12.0 Å². The Morgan fingerprint density at radius 3 is 3.09 bits per heavy atom. The van der Waals surface area contributed by atoms with Crippen LogP contribution in [0.15, 0.2) is 30.5 Å². The maximum Gasteiger partial charge on any atom is 0.261 e. The van der Waals surface area contributed by atoms with Crippen molar-refractivity contribution in [2.24, 2.45) is 0 Å². The normalized spacial score (nSPS) is 17.4. The van der Waals surface area contributed by atoms with Crippen LogP contribution in [0.4, 0.5) is 5.13 Å². The molecule has 1 amide bonds. The van der Waals surface area contributed by atoms with Crippen molar-refractivity contribution in [3.05, 3.63) is 40.9 Å². The summed E-state index contributed by atoms with van der Waals surface area (Å²) in [6.45, 7) is 3.21. The van der Waals surface area contributed by atoms with Crippen LogP contribution in [0.25, 0.3) is 0 Å². The molecule has 1 fully saturated rings. The van der Waals surface area contributed by atoms with Gasteiger partial charge in [0.15, 0.2) is 5.13 Å². The molecule has 0 radical (unpaired) electrons.